The van der Waals surface area contributed by atoms with Gasteiger partial charge in [0.05, 0.1) is 16.1 Å². The van der Waals surface area contributed by atoms with Gasteiger partial charge in [-0.05, 0) is 24.6 Å². The quantitative estimate of drug-likeness (QED) is 0.695. The van der Waals surface area contributed by atoms with Gasteiger partial charge in [0.1, 0.15) is 4.83 Å². The molecule has 0 unspecified atom stereocenters. The molecule has 0 saturated carbocycles. The Bertz CT molecular complexity index is 908. The molecule has 25 heavy (non-hydrogen) atoms. The van der Waals surface area contributed by atoms with Gasteiger partial charge in [0.15, 0.2) is 0 Å². The number of fused-ring (bicyclic) bond motifs is 1. The minimum atomic E-state index is -4.44. The van der Waals surface area contributed by atoms with Crippen LogP contribution in [0.25, 0.3) is 10.2 Å². The molecule has 132 valence electrons. The van der Waals surface area contributed by atoms with Crippen molar-refractivity contribution in [2.75, 3.05) is 7.05 Å². The second-order valence-corrected chi connectivity index (χ2v) is 6.89. The van der Waals surface area contributed by atoms with Crippen molar-refractivity contribution in [3.05, 3.63) is 52.0 Å². The van der Waals surface area contributed by atoms with Crippen molar-refractivity contribution in [2.24, 2.45) is 7.05 Å². The lowest BCUT2D eigenvalue weighted by Gasteiger charge is -2.19. The zero-order chi connectivity index (χ0) is 18.4. The Kier molecular flexibility index (Phi) is 4.32. The van der Waals surface area contributed by atoms with Gasteiger partial charge >= 0.3 is 6.18 Å². The first-order valence-electron chi connectivity index (χ1n) is 7.52. The summed E-state index contributed by atoms with van der Waals surface area (Å²) < 4.78 is 41.0. The average molecular weight is 367 g/mol. The number of alkyl halides is 3. The van der Waals surface area contributed by atoms with Crippen molar-refractivity contribution in [3.63, 3.8) is 0 Å². The molecule has 1 amide bonds. The number of rotatable bonds is 3. The molecular formula is C17H16F3N3OS. The van der Waals surface area contributed by atoms with Crippen molar-refractivity contribution in [2.45, 2.75) is 19.6 Å². The number of thiophene rings is 1. The zero-order valence-electron chi connectivity index (χ0n) is 13.9. The van der Waals surface area contributed by atoms with E-state index in [1.807, 2.05) is 6.92 Å². The smallest absolute Gasteiger partial charge is 0.337 e. The van der Waals surface area contributed by atoms with E-state index in [9.17, 15) is 18.0 Å². The van der Waals surface area contributed by atoms with E-state index in [1.165, 1.54) is 41.5 Å². The molecule has 0 N–H and O–H groups in total. The van der Waals surface area contributed by atoms with Crippen LogP contribution in [-0.4, -0.2) is 27.6 Å². The molecule has 0 spiro atoms. The number of halogens is 3. The molecule has 3 aromatic rings. The van der Waals surface area contributed by atoms with Crippen molar-refractivity contribution in [3.8, 4) is 0 Å². The minimum Gasteiger partial charge on any atom is -0.337 e. The summed E-state index contributed by atoms with van der Waals surface area (Å²) >= 11 is 1.29. The van der Waals surface area contributed by atoms with E-state index in [4.69, 9.17) is 0 Å². The molecule has 0 aliphatic carbocycles. The van der Waals surface area contributed by atoms with Crippen molar-refractivity contribution in [1.82, 2.24) is 14.7 Å². The van der Waals surface area contributed by atoms with Crippen LogP contribution < -0.4 is 0 Å². The monoisotopic (exact) mass is 367 g/mol. The Labute approximate surface area is 146 Å². The van der Waals surface area contributed by atoms with Gasteiger partial charge in [0, 0.05) is 26.0 Å². The van der Waals surface area contributed by atoms with Gasteiger partial charge in [0.25, 0.3) is 5.91 Å². The average Bonchev–Trinajstić information content (AvgIpc) is 3.08. The molecule has 8 heteroatoms. The molecule has 0 aliphatic heterocycles. The fourth-order valence-corrected chi connectivity index (χ4v) is 3.88. The molecule has 0 saturated heterocycles. The van der Waals surface area contributed by atoms with E-state index in [0.717, 1.165) is 22.0 Å². The molecule has 2 aromatic heterocycles. The van der Waals surface area contributed by atoms with Crippen LogP contribution in [0.1, 0.15) is 26.5 Å². The van der Waals surface area contributed by atoms with Crippen LogP contribution in [0.15, 0.2) is 30.3 Å². The number of aryl methyl sites for hydroxylation is 2. The zero-order valence-corrected chi connectivity index (χ0v) is 14.7. The number of carbonyl (C=O) groups excluding carboxylic acids is 1. The van der Waals surface area contributed by atoms with Crippen molar-refractivity contribution < 1.29 is 18.0 Å². The van der Waals surface area contributed by atoms with Gasteiger partial charge in [0.2, 0.25) is 0 Å². The lowest BCUT2D eigenvalue weighted by molar-refractivity contribution is -0.138. The number of hydrogen-bond acceptors (Lipinski definition) is 3. The second-order valence-electron chi connectivity index (χ2n) is 5.85. The second kappa shape index (κ2) is 6.18. The first kappa shape index (κ1) is 17.5. The molecule has 1 aromatic carbocycles. The Morgan fingerprint density at radius 1 is 1.32 bits per heavy atom. The van der Waals surface area contributed by atoms with E-state index in [1.54, 1.807) is 17.8 Å². The number of aromatic nitrogens is 2. The van der Waals surface area contributed by atoms with Gasteiger partial charge in [-0.3, -0.25) is 9.48 Å². The molecule has 0 bridgehead atoms. The van der Waals surface area contributed by atoms with Crippen LogP contribution in [0, 0.1) is 6.92 Å². The topological polar surface area (TPSA) is 38.1 Å². The predicted octanol–water partition coefficient (Wildman–Crippen LogP) is 4.23. The van der Waals surface area contributed by atoms with Crippen LogP contribution in [-0.2, 0) is 19.8 Å². The predicted molar refractivity (Wildman–Crippen MR) is 90.6 cm³/mol. The van der Waals surface area contributed by atoms with E-state index in [0.29, 0.717) is 4.88 Å². The van der Waals surface area contributed by atoms with Gasteiger partial charge < -0.3 is 4.90 Å². The maximum Gasteiger partial charge on any atom is 0.416 e. The summed E-state index contributed by atoms with van der Waals surface area (Å²) in [4.78, 5) is 15.3. The van der Waals surface area contributed by atoms with Crippen molar-refractivity contribution >= 4 is 27.5 Å². The van der Waals surface area contributed by atoms with Crippen LogP contribution in [0.4, 0.5) is 13.2 Å². The maximum absolute atomic E-state index is 13.1. The number of hydrogen-bond donors (Lipinski definition) is 0. The highest BCUT2D eigenvalue weighted by Crippen LogP contribution is 2.33. The van der Waals surface area contributed by atoms with Crippen LogP contribution in [0.5, 0.6) is 0 Å². The first-order chi connectivity index (χ1) is 11.7. The summed E-state index contributed by atoms with van der Waals surface area (Å²) in [5, 5.41) is 5.17. The third kappa shape index (κ3) is 3.26. The normalized spacial score (nSPS) is 11.9. The molecule has 2 heterocycles. The van der Waals surface area contributed by atoms with Gasteiger partial charge in [-0.25, -0.2) is 0 Å². The summed E-state index contributed by atoms with van der Waals surface area (Å²) in [7, 11) is 3.30. The molecule has 0 atom stereocenters. The summed E-state index contributed by atoms with van der Waals surface area (Å²) in [6, 6.07) is 7.05. The summed E-state index contributed by atoms with van der Waals surface area (Å²) in [5.74, 6) is -0.308. The fourth-order valence-electron chi connectivity index (χ4n) is 2.76. The summed E-state index contributed by atoms with van der Waals surface area (Å²) in [6.07, 6.45) is -4.44. The van der Waals surface area contributed by atoms with Crippen LogP contribution in [0.2, 0.25) is 0 Å². The van der Waals surface area contributed by atoms with Gasteiger partial charge in [-0.15, -0.1) is 11.3 Å². The Balaban J connectivity index is 1.87. The number of amides is 1. The van der Waals surface area contributed by atoms with E-state index < -0.39 is 11.7 Å². The number of benzene rings is 1. The standard InChI is InChI=1S/C17H16F3N3OS/c1-10-12-8-14(25-16(12)23(3)21-10)15(24)22(2)9-11-6-4-5-7-13(11)17(18,19)20/h4-8H,9H2,1-3H3. The Hall–Kier alpha value is -2.35. The Morgan fingerprint density at radius 2 is 2.00 bits per heavy atom. The molecule has 0 aliphatic rings. The summed E-state index contributed by atoms with van der Waals surface area (Å²) in [5.41, 5.74) is 0.175. The fraction of sp³-hybridized carbons (Fsp3) is 0.294. The minimum absolute atomic E-state index is 0.0739. The third-order valence-electron chi connectivity index (χ3n) is 3.98. The highest BCUT2D eigenvalue weighted by atomic mass is 32.1. The first-order valence-corrected chi connectivity index (χ1v) is 8.34. The highest BCUT2D eigenvalue weighted by molar-refractivity contribution is 7.20. The van der Waals surface area contributed by atoms with E-state index >= 15 is 0 Å². The summed E-state index contributed by atoms with van der Waals surface area (Å²) in [6.45, 7) is 1.74. The molecule has 0 radical (unpaired) electrons. The third-order valence-corrected chi connectivity index (χ3v) is 5.17. The van der Waals surface area contributed by atoms with E-state index in [2.05, 4.69) is 5.10 Å². The molecule has 4 nitrogen and oxygen atoms in total. The molecule has 0 fully saturated rings. The maximum atomic E-state index is 13.1. The van der Waals surface area contributed by atoms with Gasteiger partial charge in [-0.1, -0.05) is 18.2 Å². The van der Waals surface area contributed by atoms with Crippen LogP contribution >= 0.6 is 11.3 Å². The van der Waals surface area contributed by atoms with Crippen LogP contribution in [0.3, 0.4) is 0 Å². The van der Waals surface area contributed by atoms with Crippen molar-refractivity contribution in [1.29, 1.82) is 0 Å². The number of nitrogens with zero attached hydrogens (tertiary/aromatic N) is 3. The largest absolute Gasteiger partial charge is 0.416 e. The highest BCUT2D eigenvalue weighted by Gasteiger charge is 2.33. The van der Waals surface area contributed by atoms with Gasteiger partial charge in [-0.2, -0.15) is 18.3 Å². The SMILES string of the molecule is Cc1nn(C)c2sc(C(=O)N(C)Cc3ccccc3C(F)(F)F)cc12. The van der Waals surface area contributed by atoms with E-state index in [-0.39, 0.29) is 18.0 Å². The molecule has 3 rings (SSSR count). The Morgan fingerprint density at radius 3 is 2.64 bits per heavy atom. The lowest BCUT2D eigenvalue weighted by atomic mass is 10.1. The number of carbonyl (C=O) groups is 1. The lowest BCUT2D eigenvalue weighted by Crippen LogP contribution is -2.26. The molecular weight excluding hydrogens is 351 g/mol.